The van der Waals surface area contributed by atoms with Gasteiger partial charge in [-0.1, -0.05) is 27.7 Å². The van der Waals surface area contributed by atoms with Crippen molar-refractivity contribution in [3.05, 3.63) is 11.1 Å². The van der Waals surface area contributed by atoms with Gasteiger partial charge in [0.15, 0.2) is 5.13 Å². The first-order valence-corrected chi connectivity index (χ1v) is 8.71. The Morgan fingerprint density at radius 1 is 1.40 bits per heavy atom. The second-order valence-corrected chi connectivity index (χ2v) is 7.94. The summed E-state index contributed by atoms with van der Waals surface area (Å²) in [6, 6.07) is 0.605. The Kier molecular flexibility index (Phi) is 5.44. The van der Waals surface area contributed by atoms with E-state index in [1.165, 1.54) is 16.4 Å². The SMILES string of the molecule is CC(C)CNCc1cnc(N2CC(C)CC(C)C2C)s1. The van der Waals surface area contributed by atoms with Crippen LogP contribution in [0.3, 0.4) is 0 Å². The van der Waals surface area contributed by atoms with Crippen molar-refractivity contribution in [1.29, 1.82) is 0 Å². The minimum atomic E-state index is 0.605. The van der Waals surface area contributed by atoms with E-state index in [4.69, 9.17) is 0 Å². The lowest BCUT2D eigenvalue weighted by atomic mass is 9.86. The van der Waals surface area contributed by atoms with E-state index < -0.39 is 0 Å². The molecule has 2 rings (SSSR count). The van der Waals surface area contributed by atoms with Crippen LogP contribution in [-0.2, 0) is 6.54 Å². The Labute approximate surface area is 127 Å². The number of hydrogen-bond acceptors (Lipinski definition) is 4. The molecule has 0 radical (unpaired) electrons. The standard InChI is InChI=1S/C16H29N3S/c1-11(2)7-17-8-15-9-18-16(20-15)19-10-12(3)6-13(4)14(19)5/h9,11-14,17H,6-8,10H2,1-5H3. The first-order chi connectivity index (χ1) is 9.47. The first kappa shape index (κ1) is 15.8. The van der Waals surface area contributed by atoms with Crippen molar-refractivity contribution in [1.82, 2.24) is 10.3 Å². The molecular formula is C16H29N3S. The molecule has 1 fully saturated rings. The summed E-state index contributed by atoms with van der Waals surface area (Å²) in [7, 11) is 0. The topological polar surface area (TPSA) is 28.2 Å². The molecule has 2 heterocycles. The van der Waals surface area contributed by atoms with Gasteiger partial charge in [0.25, 0.3) is 0 Å². The lowest BCUT2D eigenvalue weighted by Gasteiger charge is -2.41. The minimum Gasteiger partial charge on any atom is -0.345 e. The van der Waals surface area contributed by atoms with Gasteiger partial charge in [-0.05, 0) is 37.6 Å². The maximum absolute atomic E-state index is 4.66. The smallest absolute Gasteiger partial charge is 0.185 e. The second kappa shape index (κ2) is 6.90. The van der Waals surface area contributed by atoms with Crippen LogP contribution in [0.1, 0.15) is 45.9 Å². The molecule has 20 heavy (non-hydrogen) atoms. The van der Waals surface area contributed by atoms with E-state index in [1.807, 2.05) is 17.5 Å². The lowest BCUT2D eigenvalue weighted by Crippen LogP contribution is -2.45. The monoisotopic (exact) mass is 295 g/mol. The third-order valence-corrected chi connectivity index (χ3v) is 5.27. The van der Waals surface area contributed by atoms with Crippen LogP contribution in [0.2, 0.25) is 0 Å². The largest absolute Gasteiger partial charge is 0.345 e. The maximum atomic E-state index is 4.66. The van der Waals surface area contributed by atoms with Crippen molar-refractivity contribution >= 4 is 16.5 Å². The van der Waals surface area contributed by atoms with E-state index in [-0.39, 0.29) is 0 Å². The van der Waals surface area contributed by atoms with Crippen molar-refractivity contribution < 1.29 is 0 Å². The number of hydrogen-bond donors (Lipinski definition) is 1. The minimum absolute atomic E-state index is 0.605. The average Bonchev–Trinajstić information content (AvgIpc) is 2.82. The normalized spacial score (nSPS) is 27.3. The van der Waals surface area contributed by atoms with Crippen LogP contribution < -0.4 is 10.2 Å². The first-order valence-electron chi connectivity index (χ1n) is 7.89. The number of piperidine rings is 1. The van der Waals surface area contributed by atoms with Gasteiger partial charge in [0.05, 0.1) is 0 Å². The third kappa shape index (κ3) is 3.95. The fraction of sp³-hybridized carbons (Fsp3) is 0.812. The van der Waals surface area contributed by atoms with Crippen LogP contribution in [0.15, 0.2) is 6.20 Å². The van der Waals surface area contributed by atoms with E-state index in [9.17, 15) is 0 Å². The number of nitrogens with zero attached hydrogens (tertiary/aromatic N) is 2. The average molecular weight is 295 g/mol. The Hall–Kier alpha value is -0.610. The molecule has 0 amide bonds. The molecule has 0 aliphatic carbocycles. The molecular weight excluding hydrogens is 266 g/mol. The predicted octanol–water partition coefficient (Wildman–Crippen LogP) is 3.76. The van der Waals surface area contributed by atoms with Crippen LogP contribution in [0.5, 0.6) is 0 Å². The number of thiazole rings is 1. The number of nitrogens with one attached hydrogen (secondary N) is 1. The molecule has 1 aliphatic heterocycles. The molecule has 0 aromatic carbocycles. The van der Waals surface area contributed by atoms with Gasteiger partial charge >= 0.3 is 0 Å². The summed E-state index contributed by atoms with van der Waals surface area (Å²) in [5.41, 5.74) is 0. The summed E-state index contributed by atoms with van der Waals surface area (Å²) in [6.45, 7) is 14.7. The lowest BCUT2D eigenvalue weighted by molar-refractivity contribution is 0.297. The van der Waals surface area contributed by atoms with Gasteiger partial charge in [-0.2, -0.15) is 0 Å². The molecule has 4 heteroatoms. The molecule has 0 bridgehead atoms. The number of aromatic nitrogens is 1. The van der Waals surface area contributed by atoms with E-state index in [0.717, 1.165) is 31.5 Å². The summed E-state index contributed by atoms with van der Waals surface area (Å²) in [4.78, 5) is 8.52. The summed E-state index contributed by atoms with van der Waals surface area (Å²) in [5.74, 6) is 2.23. The fourth-order valence-corrected chi connectivity index (χ4v) is 3.94. The molecule has 1 N–H and O–H groups in total. The van der Waals surface area contributed by atoms with Gasteiger partial charge in [0.2, 0.25) is 0 Å². The molecule has 1 saturated heterocycles. The molecule has 1 aromatic heterocycles. The Balaban J connectivity index is 1.97. The number of rotatable bonds is 5. The highest BCUT2D eigenvalue weighted by molar-refractivity contribution is 7.15. The van der Waals surface area contributed by atoms with Crippen molar-refractivity contribution in [2.75, 3.05) is 18.0 Å². The number of anilines is 1. The fourth-order valence-electron chi connectivity index (χ4n) is 2.96. The molecule has 0 spiro atoms. The summed E-state index contributed by atoms with van der Waals surface area (Å²) in [6.07, 6.45) is 3.38. The quantitative estimate of drug-likeness (QED) is 0.896. The summed E-state index contributed by atoms with van der Waals surface area (Å²) in [5, 5.41) is 4.70. The molecule has 3 atom stereocenters. The van der Waals surface area contributed by atoms with Crippen molar-refractivity contribution in [3.8, 4) is 0 Å². The predicted molar refractivity (Wildman–Crippen MR) is 88.4 cm³/mol. The van der Waals surface area contributed by atoms with Crippen molar-refractivity contribution in [2.45, 2.75) is 53.6 Å². The van der Waals surface area contributed by atoms with Crippen LogP contribution in [0.4, 0.5) is 5.13 Å². The van der Waals surface area contributed by atoms with Crippen molar-refractivity contribution in [3.63, 3.8) is 0 Å². The van der Waals surface area contributed by atoms with Gasteiger partial charge in [0.1, 0.15) is 0 Å². The molecule has 3 nitrogen and oxygen atoms in total. The zero-order valence-corrected chi connectivity index (χ0v) is 14.3. The Bertz CT molecular complexity index is 416. The van der Waals surface area contributed by atoms with Gasteiger partial charge in [0, 0.05) is 30.2 Å². The van der Waals surface area contributed by atoms with Gasteiger partial charge in [-0.25, -0.2) is 4.98 Å². The summed E-state index contributed by atoms with van der Waals surface area (Å²) >= 11 is 1.85. The Morgan fingerprint density at radius 2 is 2.15 bits per heavy atom. The van der Waals surface area contributed by atoms with Gasteiger partial charge < -0.3 is 10.2 Å². The third-order valence-electron chi connectivity index (χ3n) is 4.24. The van der Waals surface area contributed by atoms with Crippen LogP contribution in [0, 0.1) is 17.8 Å². The highest BCUT2D eigenvalue weighted by Gasteiger charge is 2.30. The molecule has 1 aliphatic rings. The van der Waals surface area contributed by atoms with Gasteiger partial charge in [-0.15, -0.1) is 11.3 Å². The zero-order chi connectivity index (χ0) is 14.7. The molecule has 114 valence electrons. The van der Waals surface area contributed by atoms with E-state index in [1.54, 1.807) is 0 Å². The summed E-state index contributed by atoms with van der Waals surface area (Å²) < 4.78 is 0. The van der Waals surface area contributed by atoms with E-state index >= 15 is 0 Å². The van der Waals surface area contributed by atoms with E-state index in [2.05, 4.69) is 49.8 Å². The Morgan fingerprint density at radius 3 is 2.85 bits per heavy atom. The maximum Gasteiger partial charge on any atom is 0.185 e. The molecule has 1 aromatic rings. The second-order valence-electron chi connectivity index (χ2n) is 6.85. The zero-order valence-electron chi connectivity index (χ0n) is 13.5. The molecule has 0 saturated carbocycles. The highest BCUT2D eigenvalue weighted by Crippen LogP contribution is 2.33. The van der Waals surface area contributed by atoms with Crippen LogP contribution >= 0.6 is 11.3 Å². The van der Waals surface area contributed by atoms with Crippen LogP contribution in [0.25, 0.3) is 0 Å². The van der Waals surface area contributed by atoms with Gasteiger partial charge in [-0.3, -0.25) is 0 Å². The van der Waals surface area contributed by atoms with Crippen LogP contribution in [-0.4, -0.2) is 24.1 Å². The molecule has 3 unspecified atom stereocenters. The van der Waals surface area contributed by atoms with Crippen molar-refractivity contribution in [2.24, 2.45) is 17.8 Å². The van der Waals surface area contributed by atoms with E-state index in [0.29, 0.717) is 12.0 Å². The highest BCUT2D eigenvalue weighted by atomic mass is 32.1.